The smallest absolute Gasteiger partial charge is 0.279 e. The maximum absolute atomic E-state index is 12.8. The Kier molecular flexibility index (Phi) is 5.01. The van der Waals surface area contributed by atoms with E-state index in [0.29, 0.717) is 34.7 Å². The summed E-state index contributed by atoms with van der Waals surface area (Å²) in [7, 11) is 1.47. The molecule has 4 rings (SSSR count). The molecule has 1 amide bonds. The highest BCUT2D eigenvalue weighted by Crippen LogP contribution is 2.35. The first-order chi connectivity index (χ1) is 13.5. The third kappa shape index (κ3) is 3.34. The lowest BCUT2D eigenvalue weighted by Crippen LogP contribution is -2.13. The minimum Gasteiger partial charge on any atom is -0.478 e. The lowest BCUT2D eigenvalue weighted by atomic mass is 10.1. The number of aromatic nitrogens is 2. The Bertz CT molecular complexity index is 1110. The third-order valence-electron chi connectivity index (χ3n) is 4.46. The summed E-state index contributed by atoms with van der Waals surface area (Å²) < 4.78 is 17.3. The molecule has 0 aromatic carbocycles. The van der Waals surface area contributed by atoms with E-state index in [2.05, 4.69) is 9.98 Å². The average molecular weight is 424 g/mol. The first-order valence-corrected chi connectivity index (χ1v) is 9.13. The SMILES string of the molecule is COc1ncc(C(=O)N=c2c(Cl)cn(O)cc2Cl)c2cc(C3CCOC3)oc12. The van der Waals surface area contributed by atoms with Crippen molar-refractivity contribution in [1.29, 1.82) is 0 Å². The first kappa shape index (κ1) is 18.8. The number of hydrogen-bond donors (Lipinski definition) is 1. The Balaban J connectivity index is 1.84. The van der Waals surface area contributed by atoms with Crippen molar-refractivity contribution in [2.24, 2.45) is 4.99 Å². The van der Waals surface area contributed by atoms with E-state index >= 15 is 0 Å². The zero-order valence-corrected chi connectivity index (χ0v) is 16.2. The van der Waals surface area contributed by atoms with Gasteiger partial charge in [0.1, 0.15) is 11.1 Å². The molecule has 1 aliphatic rings. The molecule has 146 valence electrons. The van der Waals surface area contributed by atoms with Gasteiger partial charge in [-0.2, -0.15) is 4.73 Å². The number of hydrogen-bond acceptors (Lipinski definition) is 6. The van der Waals surface area contributed by atoms with Gasteiger partial charge in [0.25, 0.3) is 11.8 Å². The normalized spacial score (nSPS) is 16.5. The number of halogens is 2. The number of carbonyl (C=O) groups excluding carboxylic acids is 1. The van der Waals surface area contributed by atoms with E-state index in [1.807, 2.05) is 0 Å². The predicted octanol–water partition coefficient (Wildman–Crippen LogP) is 3.43. The molecule has 0 saturated carbocycles. The number of ether oxygens (including phenoxy) is 2. The Hall–Kier alpha value is -2.55. The highest BCUT2D eigenvalue weighted by molar-refractivity contribution is 6.34. The summed E-state index contributed by atoms with van der Waals surface area (Å²) in [5.41, 5.74) is 0.585. The summed E-state index contributed by atoms with van der Waals surface area (Å²) in [6.07, 6.45) is 4.56. The van der Waals surface area contributed by atoms with Gasteiger partial charge in [-0.15, -0.1) is 0 Å². The standard InChI is InChI=1S/C18H15Cl2N3O5/c1-26-18-16-10(4-14(28-16)9-2-3-27-8-9)11(5-21-18)17(24)22-15-12(19)6-23(25)7-13(15)20/h4-7,9,25H,2-3,8H2,1H3. The number of pyridine rings is 2. The van der Waals surface area contributed by atoms with Gasteiger partial charge in [-0.3, -0.25) is 4.79 Å². The summed E-state index contributed by atoms with van der Waals surface area (Å²) in [5.74, 6) is 0.475. The van der Waals surface area contributed by atoms with Crippen LogP contribution in [0.2, 0.25) is 10.0 Å². The van der Waals surface area contributed by atoms with Gasteiger partial charge in [0.05, 0.1) is 41.7 Å². The second-order valence-corrected chi connectivity index (χ2v) is 7.05. The zero-order chi connectivity index (χ0) is 19.8. The monoisotopic (exact) mass is 423 g/mol. The number of carbonyl (C=O) groups is 1. The van der Waals surface area contributed by atoms with Crippen molar-refractivity contribution in [1.82, 2.24) is 9.71 Å². The third-order valence-corrected chi connectivity index (χ3v) is 5.01. The first-order valence-electron chi connectivity index (χ1n) is 8.37. The fourth-order valence-corrected chi connectivity index (χ4v) is 3.61. The number of rotatable bonds is 3. The quantitative estimate of drug-likeness (QED) is 0.647. The van der Waals surface area contributed by atoms with Gasteiger partial charge in [0.15, 0.2) is 5.58 Å². The van der Waals surface area contributed by atoms with Crippen LogP contribution in [0.25, 0.3) is 11.0 Å². The number of amides is 1. The molecule has 1 atom stereocenters. The zero-order valence-electron chi connectivity index (χ0n) is 14.7. The molecular formula is C18H15Cl2N3O5. The Morgan fingerprint density at radius 3 is 2.79 bits per heavy atom. The Morgan fingerprint density at radius 2 is 2.14 bits per heavy atom. The highest BCUT2D eigenvalue weighted by Gasteiger charge is 2.25. The van der Waals surface area contributed by atoms with Gasteiger partial charge in [-0.05, 0) is 12.5 Å². The van der Waals surface area contributed by atoms with Crippen LogP contribution in [-0.4, -0.2) is 41.2 Å². The maximum Gasteiger partial charge on any atom is 0.279 e. The molecule has 28 heavy (non-hydrogen) atoms. The summed E-state index contributed by atoms with van der Waals surface area (Å²) in [6, 6.07) is 1.79. The fraction of sp³-hybridized carbons (Fsp3) is 0.278. The Morgan fingerprint density at radius 1 is 1.39 bits per heavy atom. The molecule has 0 spiro atoms. The minimum absolute atomic E-state index is 0.0250. The largest absolute Gasteiger partial charge is 0.478 e. The molecule has 0 bridgehead atoms. The van der Waals surface area contributed by atoms with Crippen molar-refractivity contribution < 1.29 is 23.9 Å². The van der Waals surface area contributed by atoms with Gasteiger partial charge in [-0.1, -0.05) is 23.2 Å². The summed E-state index contributed by atoms with van der Waals surface area (Å²) in [5, 5.41) is 10.1. The summed E-state index contributed by atoms with van der Waals surface area (Å²) >= 11 is 12.1. The van der Waals surface area contributed by atoms with Gasteiger partial charge >= 0.3 is 0 Å². The van der Waals surface area contributed by atoms with Crippen molar-refractivity contribution in [3.05, 3.63) is 51.4 Å². The van der Waals surface area contributed by atoms with Crippen LogP contribution >= 0.6 is 23.2 Å². The Labute approximate surface area is 168 Å². The van der Waals surface area contributed by atoms with E-state index in [-0.39, 0.29) is 32.8 Å². The fourth-order valence-electron chi connectivity index (χ4n) is 3.07. The van der Waals surface area contributed by atoms with Gasteiger partial charge in [0, 0.05) is 24.1 Å². The molecule has 4 heterocycles. The van der Waals surface area contributed by atoms with E-state index in [9.17, 15) is 10.0 Å². The van der Waals surface area contributed by atoms with Crippen LogP contribution in [-0.2, 0) is 4.74 Å². The van der Waals surface area contributed by atoms with Crippen LogP contribution in [0.1, 0.15) is 28.5 Å². The molecular weight excluding hydrogens is 409 g/mol. The second kappa shape index (κ2) is 7.46. The van der Waals surface area contributed by atoms with Crippen molar-refractivity contribution >= 4 is 40.1 Å². The van der Waals surface area contributed by atoms with Crippen LogP contribution in [0, 0.1) is 0 Å². The lowest BCUT2D eigenvalue weighted by molar-refractivity contribution is 0.0999. The van der Waals surface area contributed by atoms with Crippen molar-refractivity contribution in [2.75, 3.05) is 20.3 Å². The molecule has 8 nitrogen and oxygen atoms in total. The lowest BCUT2D eigenvalue weighted by Gasteiger charge is -2.03. The van der Waals surface area contributed by atoms with Gasteiger partial charge < -0.3 is 19.1 Å². The highest BCUT2D eigenvalue weighted by atomic mass is 35.5. The number of nitrogens with zero attached hydrogens (tertiary/aromatic N) is 3. The van der Waals surface area contributed by atoms with Gasteiger partial charge in [-0.25, -0.2) is 9.98 Å². The van der Waals surface area contributed by atoms with E-state index in [0.717, 1.165) is 6.42 Å². The van der Waals surface area contributed by atoms with Gasteiger partial charge in [0.2, 0.25) is 0 Å². The van der Waals surface area contributed by atoms with Crippen LogP contribution in [0.15, 0.2) is 34.1 Å². The number of methoxy groups -OCH3 is 1. The molecule has 1 fully saturated rings. The van der Waals surface area contributed by atoms with Crippen LogP contribution in [0.4, 0.5) is 0 Å². The molecule has 1 unspecified atom stereocenters. The molecule has 0 aliphatic carbocycles. The summed E-state index contributed by atoms with van der Waals surface area (Å²) in [6.45, 7) is 1.22. The molecule has 1 N–H and O–H groups in total. The molecule has 1 aliphatic heterocycles. The van der Waals surface area contributed by atoms with E-state index in [1.165, 1.54) is 25.7 Å². The average Bonchev–Trinajstić information content (AvgIpc) is 3.32. The van der Waals surface area contributed by atoms with Crippen LogP contribution < -0.4 is 10.1 Å². The molecule has 0 radical (unpaired) electrons. The molecule has 3 aromatic rings. The topological polar surface area (TPSA) is 99.1 Å². The molecule has 1 saturated heterocycles. The number of furan rings is 1. The van der Waals surface area contributed by atoms with Crippen molar-refractivity contribution in [3.8, 4) is 5.88 Å². The summed E-state index contributed by atoms with van der Waals surface area (Å²) in [4.78, 5) is 21.0. The molecule has 3 aromatic heterocycles. The number of fused-ring (bicyclic) bond motifs is 1. The second-order valence-electron chi connectivity index (χ2n) is 6.23. The van der Waals surface area contributed by atoms with Crippen LogP contribution in [0.5, 0.6) is 5.88 Å². The van der Waals surface area contributed by atoms with Crippen LogP contribution in [0.3, 0.4) is 0 Å². The van der Waals surface area contributed by atoms with E-state index in [1.54, 1.807) is 6.07 Å². The van der Waals surface area contributed by atoms with E-state index < -0.39 is 5.91 Å². The maximum atomic E-state index is 12.8. The van der Waals surface area contributed by atoms with E-state index in [4.69, 9.17) is 37.1 Å². The predicted molar refractivity (Wildman–Crippen MR) is 100 cm³/mol. The van der Waals surface area contributed by atoms with Crippen molar-refractivity contribution in [3.63, 3.8) is 0 Å². The van der Waals surface area contributed by atoms with Crippen molar-refractivity contribution in [2.45, 2.75) is 12.3 Å². The molecule has 10 heteroatoms. The minimum atomic E-state index is -0.602.